The maximum atomic E-state index is 12.4. The van der Waals surface area contributed by atoms with Crippen LogP contribution in [0.25, 0.3) is 10.8 Å². The molecule has 0 fully saturated rings. The minimum atomic E-state index is -0.671. The third-order valence-electron chi connectivity index (χ3n) is 4.04. The van der Waals surface area contributed by atoms with Crippen molar-refractivity contribution >= 4 is 16.7 Å². The van der Waals surface area contributed by atoms with Gasteiger partial charge in [0.2, 0.25) is 0 Å². The molecule has 6 nitrogen and oxygen atoms in total. The van der Waals surface area contributed by atoms with Gasteiger partial charge in [0.05, 0.1) is 17.6 Å². The predicted molar refractivity (Wildman–Crippen MR) is 103 cm³/mol. The highest BCUT2D eigenvalue weighted by molar-refractivity contribution is 5.85. The van der Waals surface area contributed by atoms with Crippen LogP contribution in [-0.4, -0.2) is 21.8 Å². The van der Waals surface area contributed by atoms with Gasteiger partial charge in [-0.05, 0) is 25.1 Å². The van der Waals surface area contributed by atoms with Gasteiger partial charge in [0.1, 0.15) is 12.3 Å². The molecule has 3 rings (SSSR count). The molecule has 0 aliphatic rings. The van der Waals surface area contributed by atoms with Crippen LogP contribution in [0.1, 0.15) is 12.6 Å². The van der Waals surface area contributed by atoms with E-state index in [0.717, 1.165) is 0 Å². The van der Waals surface area contributed by atoms with Crippen molar-refractivity contribution in [1.82, 2.24) is 15.1 Å². The average Bonchev–Trinajstić information content (AvgIpc) is 2.70. The zero-order valence-corrected chi connectivity index (χ0v) is 14.9. The van der Waals surface area contributed by atoms with Crippen molar-refractivity contribution in [3.05, 3.63) is 70.6 Å². The van der Waals surface area contributed by atoms with Crippen LogP contribution in [0.3, 0.4) is 0 Å². The highest BCUT2D eigenvalue weighted by Crippen LogP contribution is 2.14. The Kier molecular flexibility index (Phi) is 5.53. The first-order valence-electron chi connectivity index (χ1n) is 8.51. The van der Waals surface area contributed by atoms with E-state index in [0.29, 0.717) is 22.2 Å². The van der Waals surface area contributed by atoms with E-state index < -0.39 is 6.10 Å². The Morgan fingerprint density at radius 3 is 2.56 bits per heavy atom. The molecule has 0 radical (unpaired) electrons. The normalized spacial score (nSPS) is 11.6. The van der Waals surface area contributed by atoms with Gasteiger partial charge < -0.3 is 10.1 Å². The molecular weight excluding hydrogens is 342 g/mol. The summed E-state index contributed by atoms with van der Waals surface area (Å²) in [5.74, 6) is 2.76. The molecule has 0 saturated carbocycles. The lowest BCUT2D eigenvalue weighted by molar-refractivity contribution is -0.127. The van der Waals surface area contributed by atoms with Crippen molar-refractivity contribution in [2.45, 2.75) is 26.1 Å². The van der Waals surface area contributed by atoms with Gasteiger partial charge in [-0.15, -0.1) is 6.42 Å². The number of ether oxygens (including phenoxy) is 1. The molecule has 1 heterocycles. The molecule has 1 atom stereocenters. The lowest BCUT2D eigenvalue weighted by Gasteiger charge is -2.15. The summed E-state index contributed by atoms with van der Waals surface area (Å²) < 4.78 is 6.85. The smallest absolute Gasteiger partial charge is 0.275 e. The van der Waals surface area contributed by atoms with Gasteiger partial charge in [-0.1, -0.05) is 42.3 Å². The molecule has 1 amide bonds. The molecule has 0 bridgehead atoms. The maximum absolute atomic E-state index is 12.4. The number of hydrogen-bond donors (Lipinski definition) is 1. The third kappa shape index (κ3) is 4.15. The number of para-hydroxylation sites is 1. The van der Waals surface area contributed by atoms with Crippen molar-refractivity contribution in [2.24, 2.45) is 0 Å². The lowest BCUT2D eigenvalue weighted by Crippen LogP contribution is -2.36. The summed E-state index contributed by atoms with van der Waals surface area (Å²) in [5.41, 5.74) is 0.320. The standard InChI is InChI=1S/C21H19N3O3/c1-3-13-24-21(26)18-12-8-7-11-17(18)19(23-24)14-22-20(25)15(2)27-16-9-5-4-6-10-16/h1,4-12,15H,13-14H2,2H3,(H,22,25). The fourth-order valence-corrected chi connectivity index (χ4v) is 2.70. The zero-order chi connectivity index (χ0) is 19.2. The number of benzene rings is 2. The molecular formula is C21H19N3O3. The largest absolute Gasteiger partial charge is 0.481 e. The molecule has 3 aromatic rings. The van der Waals surface area contributed by atoms with Crippen molar-refractivity contribution in [1.29, 1.82) is 0 Å². The molecule has 1 aromatic heterocycles. The highest BCUT2D eigenvalue weighted by Gasteiger charge is 2.16. The molecule has 0 aliphatic carbocycles. The SMILES string of the molecule is C#CCn1nc(CNC(=O)C(C)Oc2ccccc2)c2ccccc2c1=O. The number of aromatic nitrogens is 2. The van der Waals surface area contributed by atoms with Gasteiger partial charge >= 0.3 is 0 Å². The van der Waals surface area contributed by atoms with E-state index in [4.69, 9.17) is 11.2 Å². The van der Waals surface area contributed by atoms with E-state index >= 15 is 0 Å². The summed E-state index contributed by atoms with van der Waals surface area (Å²) in [5, 5.41) is 8.32. The number of rotatable bonds is 6. The van der Waals surface area contributed by atoms with Crippen molar-refractivity contribution in [3.63, 3.8) is 0 Å². The van der Waals surface area contributed by atoms with Crippen molar-refractivity contribution in [3.8, 4) is 18.1 Å². The Labute approximate surface area is 156 Å². The van der Waals surface area contributed by atoms with Gasteiger partial charge in [0.15, 0.2) is 6.10 Å². The summed E-state index contributed by atoms with van der Waals surface area (Å²) in [6, 6.07) is 16.2. The van der Waals surface area contributed by atoms with Crippen LogP contribution >= 0.6 is 0 Å². The van der Waals surface area contributed by atoms with Crippen LogP contribution in [0, 0.1) is 12.3 Å². The first-order chi connectivity index (χ1) is 13.1. The summed E-state index contributed by atoms with van der Waals surface area (Å²) in [4.78, 5) is 24.8. The number of amides is 1. The lowest BCUT2D eigenvalue weighted by atomic mass is 10.1. The number of nitrogens with zero attached hydrogens (tertiary/aromatic N) is 2. The topological polar surface area (TPSA) is 73.2 Å². The predicted octanol–water partition coefficient (Wildman–Crippen LogP) is 2.11. The van der Waals surface area contributed by atoms with Crippen LogP contribution in [0.5, 0.6) is 5.75 Å². The quantitative estimate of drug-likeness (QED) is 0.683. The van der Waals surface area contributed by atoms with Gasteiger partial charge in [-0.3, -0.25) is 9.59 Å². The van der Waals surface area contributed by atoms with Gasteiger partial charge in [-0.2, -0.15) is 5.10 Å². The van der Waals surface area contributed by atoms with Crippen LogP contribution in [0.2, 0.25) is 0 Å². The van der Waals surface area contributed by atoms with E-state index in [1.54, 1.807) is 37.3 Å². The summed E-state index contributed by atoms with van der Waals surface area (Å²) in [7, 11) is 0. The first-order valence-corrected chi connectivity index (χ1v) is 8.51. The van der Waals surface area contributed by atoms with Crippen LogP contribution < -0.4 is 15.6 Å². The molecule has 27 heavy (non-hydrogen) atoms. The van der Waals surface area contributed by atoms with Gasteiger partial charge in [0, 0.05) is 5.39 Å². The summed E-state index contributed by atoms with van der Waals surface area (Å²) in [6.45, 7) is 1.90. The highest BCUT2D eigenvalue weighted by atomic mass is 16.5. The monoisotopic (exact) mass is 361 g/mol. The van der Waals surface area contributed by atoms with E-state index in [1.807, 2.05) is 24.3 Å². The number of terminal acetylenes is 1. The zero-order valence-electron chi connectivity index (χ0n) is 14.9. The molecule has 6 heteroatoms. The molecule has 1 N–H and O–H groups in total. The second-order valence-electron chi connectivity index (χ2n) is 5.95. The fraction of sp³-hybridized carbons (Fsp3) is 0.190. The van der Waals surface area contributed by atoms with Gasteiger partial charge in [-0.25, -0.2) is 4.68 Å². The van der Waals surface area contributed by atoms with Crippen molar-refractivity contribution < 1.29 is 9.53 Å². The minimum absolute atomic E-state index is 0.0676. The maximum Gasteiger partial charge on any atom is 0.275 e. The molecule has 2 aromatic carbocycles. The average molecular weight is 361 g/mol. The van der Waals surface area contributed by atoms with Crippen LogP contribution in [0.4, 0.5) is 0 Å². The van der Waals surface area contributed by atoms with Gasteiger partial charge in [0.25, 0.3) is 11.5 Å². The molecule has 136 valence electrons. The van der Waals surface area contributed by atoms with E-state index in [1.165, 1.54) is 4.68 Å². The van der Waals surface area contributed by atoms with Crippen LogP contribution in [0.15, 0.2) is 59.4 Å². The molecule has 0 aliphatic heterocycles. The fourth-order valence-electron chi connectivity index (χ4n) is 2.70. The molecule has 0 spiro atoms. The Balaban J connectivity index is 1.78. The molecule has 0 saturated heterocycles. The third-order valence-corrected chi connectivity index (χ3v) is 4.04. The number of nitrogens with one attached hydrogen (secondary N) is 1. The molecule has 1 unspecified atom stereocenters. The van der Waals surface area contributed by atoms with E-state index in [2.05, 4.69) is 16.3 Å². The Hall–Kier alpha value is -3.59. The Morgan fingerprint density at radius 2 is 1.85 bits per heavy atom. The van der Waals surface area contributed by atoms with E-state index in [-0.39, 0.29) is 24.6 Å². The second-order valence-corrected chi connectivity index (χ2v) is 5.95. The number of hydrogen-bond acceptors (Lipinski definition) is 4. The summed E-state index contributed by atoms with van der Waals surface area (Å²) in [6.07, 6.45) is 4.65. The Morgan fingerprint density at radius 1 is 1.19 bits per heavy atom. The summed E-state index contributed by atoms with van der Waals surface area (Å²) >= 11 is 0. The second kappa shape index (κ2) is 8.19. The first kappa shape index (κ1) is 18.2. The number of carbonyl (C=O) groups is 1. The minimum Gasteiger partial charge on any atom is -0.481 e. The van der Waals surface area contributed by atoms with Crippen molar-refractivity contribution in [2.75, 3.05) is 0 Å². The van der Waals surface area contributed by atoms with E-state index in [9.17, 15) is 9.59 Å². The Bertz CT molecular complexity index is 1050. The van der Waals surface area contributed by atoms with Crippen LogP contribution in [-0.2, 0) is 17.9 Å². The number of carbonyl (C=O) groups excluding carboxylic acids is 1. The number of fused-ring (bicyclic) bond motifs is 1.